The highest BCUT2D eigenvalue weighted by molar-refractivity contribution is 5.74. The maximum Gasteiger partial charge on any atom is 0.298 e. The van der Waals surface area contributed by atoms with Crippen LogP contribution in [0.5, 0.6) is 5.88 Å². The minimum atomic E-state index is 0.0797. The molecular formula is C25H22N6O2. The second kappa shape index (κ2) is 8.38. The van der Waals surface area contributed by atoms with Crippen LogP contribution in [0.4, 0.5) is 6.01 Å². The van der Waals surface area contributed by atoms with Crippen LogP contribution in [-0.2, 0) is 0 Å². The van der Waals surface area contributed by atoms with Gasteiger partial charge in [0, 0.05) is 43.8 Å². The lowest BCUT2D eigenvalue weighted by molar-refractivity contribution is 0.162. The molecule has 2 aromatic carbocycles. The number of para-hydroxylation sites is 2. The largest absolute Gasteiger partial charge is 0.474 e. The summed E-state index contributed by atoms with van der Waals surface area (Å²) in [7, 11) is 0. The van der Waals surface area contributed by atoms with Gasteiger partial charge in [0.15, 0.2) is 5.58 Å². The molecule has 1 fully saturated rings. The normalized spacial score (nSPS) is 14.6. The molecule has 0 atom stereocenters. The molecule has 8 nitrogen and oxygen atoms in total. The van der Waals surface area contributed by atoms with Crippen molar-refractivity contribution >= 4 is 17.1 Å². The van der Waals surface area contributed by atoms with E-state index in [1.54, 1.807) is 6.33 Å². The lowest BCUT2D eigenvalue weighted by Gasteiger charge is -2.30. The van der Waals surface area contributed by atoms with Crippen LogP contribution in [-0.4, -0.2) is 43.7 Å². The first-order valence-corrected chi connectivity index (χ1v) is 11.0. The summed E-state index contributed by atoms with van der Waals surface area (Å²) < 4.78 is 14.0. The second-order valence-electron chi connectivity index (χ2n) is 8.02. The van der Waals surface area contributed by atoms with Crippen molar-refractivity contribution in [1.29, 1.82) is 0 Å². The number of hydrogen-bond donors (Lipinski definition) is 0. The van der Waals surface area contributed by atoms with Gasteiger partial charge in [-0.3, -0.25) is 4.57 Å². The third-order valence-electron chi connectivity index (χ3n) is 5.83. The summed E-state index contributed by atoms with van der Waals surface area (Å²) >= 11 is 0. The molecule has 0 spiro atoms. The van der Waals surface area contributed by atoms with Crippen LogP contribution in [0.1, 0.15) is 12.8 Å². The van der Waals surface area contributed by atoms with E-state index in [0.717, 1.165) is 54.1 Å². The van der Waals surface area contributed by atoms with Gasteiger partial charge in [0.2, 0.25) is 5.88 Å². The Labute approximate surface area is 190 Å². The number of fused-ring (bicyclic) bond motifs is 1. The fourth-order valence-electron chi connectivity index (χ4n) is 4.07. The summed E-state index contributed by atoms with van der Waals surface area (Å²) in [5.41, 5.74) is 3.65. The SMILES string of the molecule is c1ccc(-c2cn(-c3cc(OC4CCN(c5nc6ccccc6o5)CC4)ncn3)cn2)cc1. The van der Waals surface area contributed by atoms with Crippen LogP contribution in [0.25, 0.3) is 28.2 Å². The highest BCUT2D eigenvalue weighted by Gasteiger charge is 2.24. The van der Waals surface area contributed by atoms with E-state index in [4.69, 9.17) is 9.15 Å². The van der Waals surface area contributed by atoms with E-state index in [1.165, 1.54) is 6.33 Å². The van der Waals surface area contributed by atoms with Gasteiger partial charge in [-0.25, -0.2) is 15.0 Å². The number of rotatable bonds is 5. The Morgan fingerprint density at radius 1 is 0.909 bits per heavy atom. The highest BCUT2D eigenvalue weighted by atomic mass is 16.5. The van der Waals surface area contributed by atoms with E-state index in [9.17, 15) is 0 Å². The van der Waals surface area contributed by atoms with Gasteiger partial charge in [0.25, 0.3) is 6.01 Å². The Bertz CT molecular complexity index is 1340. The molecule has 3 aromatic heterocycles. The number of hydrogen-bond acceptors (Lipinski definition) is 7. The van der Waals surface area contributed by atoms with E-state index in [-0.39, 0.29) is 6.10 Å². The van der Waals surface area contributed by atoms with Gasteiger partial charge in [-0.15, -0.1) is 0 Å². The molecule has 0 N–H and O–H groups in total. The molecule has 0 radical (unpaired) electrons. The van der Waals surface area contributed by atoms with Gasteiger partial charge < -0.3 is 14.1 Å². The Morgan fingerprint density at radius 3 is 2.58 bits per heavy atom. The van der Waals surface area contributed by atoms with Gasteiger partial charge in [-0.1, -0.05) is 42.5 Å². The molecule has 0 unspecified atom stereocenters. The summed E-state index contributed by atoms with van der Waals surface area (Å²) in [5.74, 6) is 1.29. The Kier molecular flexibility index (Phi) is 4.95. The standard InChI is InChI=1S/C25H22N6O2/c1-2-6-18(7-3-1)21-15-31(17-28-21)23-14-24(27-16-26-23)32-19-10-12-30(13-11-19)25-29-20-8-4-5-9-22(20)33-25/h1-9,14-17,19H,10-13H2. The zero-order valence-electron chi connectivity index (χ0n) is 17.9. The van der Waals surface area contributed by atoms with Crippen LogP contribution in [0, 0.1) is 0 Å². The average Bonchev–Trinajstić information content (AvgIpc) is 3.53. The fourth-order valence-corrected chi connectivity index (χ4v) is 4.07. The van der Waals surface area contributed by atoms with Crippen LogP contribution in [0.2, 0.25) is 0 Å². The van der Waals surface area contributed by atoms with Crippen molar-refractivity contribution in [2.75, 3.05) is 18.0 Å². The number of benzene rings is 2. The van der Waals surface area contributed by atoms with E-state index < -0.39 is 0 Å². The molecular weight excluding hydrogens is 416 g/mol. The predicted octanol–water partition coefficient (Wildman–Crippen LogP) is 4.52. The van der Waals surface area contributed by atoms with Crippen molar-refractivity contribution in [1.82, 2.24) is 24.5 Å². The summed E-state index contributed by atoms with van der Waals surface area (Å²) in [5, 5.41) is 0. The van der Waals surface area contributed by atoms with E-state index in [1.807, 2.05) is 71.4 Å². The Morgan fingerprint density at radius 2 is 1.73 bits per heavy atom. The summed E-state index contributed by atoms with van der Waals surface area (Å²) in [6.45, 7) is 1.63. The maximum atomic E-state index is 6.19. The molecule has 4 heterocycles. The maximum absolute atomic E-state index is 6.19. The topological polar surface area (TPSA) is 82.1 Å². The van der Waals surface area contributed by atoms with Crippen molar-refractivity contribution in [3.05, 3.63) is 79.5 Å². The average molecular weight is 438 g/mol. The molecule has 0 amide bonds. The van der Waals surface area contributed by atoms with E-state index >= 15 is 0 Å². The van der Waals surface area contributed by atoms with Gasteiger partial charge in [-0.2, -0.15) is 4.98 Å². The van der Waals surface area contributed by atoms with Gasteiger partial charge in [0.05, 0.1) is 5.69 Å². The monoisotopic (exact) mass is 438 g/mol. The van der Waals surface area contributed by atoms with Crippen LogP contribution >= 0.6 is 0 Å². The summed E-state index contributed by atoms with van der Waals surface area (Å²) in [4.78, 5) is 20.0. The van der Waals surface area contributed by atoms with Crippen molar-refractivity contribution in [3.63, 3.8) is 0 Å². The minimum absolute atomic E-state index is 0.0797. The number of anilines is 1. The predicted molar refractivity (Wildman–Crippen MR) is 124 cm³/mol. The molecule has 0 aliphatic carbocycles. The van der Waals surface area contributed by atoms with Gasteiger partial charge >= 0.3 is 0 Å². The first-order valence-electron chi connectivity index (χ1n) is 11.0. The first-order chi connectivity index (χ1) is 16.3. The van der Waals surface area contributed by atoms with Crippen LogP contribution < -0.4 is 9.64 Å². The molecule has 1 saturated heterocycles. The van der Waals surface area contributed by atoms with Crippen molar-refractivity contribution in [3.8, 4) is 23.0 Å². The minimum Gasteiger partial charge on any atom is -0.474 e. The fraction of sp³-hybridized carbons (Fsp3) is 0.200. The Hall–Kier alpha value is -4.20. The molecule has 164 valence electrons. The van der Waals surface area contributed by atoms with E-state index in [0.29, 0.717) is 11.9 Å². The third-order valence-corrected chi connectivity index (χ3v) is 5.83. The van der Waals surface area contributed by atoms with Gasteiger partial charge in [0.1, 0.15) is 30.1 Å². The lowest BCUT2D eigenvalue weighted by Crippen LogP contribution is -2.38. The smallest absolute Gasteiger partial charge is 0.298 e. The highest BCUT2D eigenvalue weighted by Crippen LogP contribution is 2.26. The Balaban J connectivity index is 1.11. The number of aromatic nitrogens is 5. The second-order valence-corrected chi connectivity index (χ2v) is 8.02. The van der Waals surface area contributed by atoms with Gasteiger partial charge in [-0.05, 0) is 12.1 Å². The van der Waals surface area contributed by atoms with E-state index in [2.05, 4.69) is 24.8 Å². The molecule has 8 heteroatoms. The molecule has 1 aliphatic rings. The summed E-state index contributed by atoms with van der Waals surface area (Å²) in [6, 6.07) is 20.4. The zero-order chi connectivity index (χ0) is 22.0. The number of ether oxygens (including phenoxy) is 1. The quantitative estimate of drug-likeness (QED) is 0.399. The molecule has 33 heavy (non-hydrogen) atoms. The molecule has 0 bridgehead atoms. The van der Waals surface area contributed by atoms with Crippen molar-refractivity contribution < 1.29 is 9.15 Å². The number of imidazole rings is 1. The molecule has 5 aromatic rings. The third kappa shape index (κ3) is 4.03. The number of piperidine rings is 1. The first kappa shape index (κ1) is 19.5. The van der Waals surface area contributed by atoms with Crippen LogP contribution in [0.15, 0.2) is 83.9 Å². The number of nitrogens with zero attached hydrogens (tertiary/aromatic N) is 6. The van der Waals surface area contributed by atoms with Crippen molar-refractivity contribution in [2.24, 2.45) is 0 Å². The van der Waals surface area contributed by atoms with Crippen molar-refractivity contribution in [2.45, 2.75) is 18.9 Å². The van der Waals surface area contributed by atoms with Crippen LogP contribution in [0.3, 0.4) is 0 Å². The molecule has 1 aliphatic heterocycles. The summed E-state index contributed by atoms with van der Waals surface area (Å²) in [6.07, 6.45) is 7.05. The lowest BCUT2D eigenvalue weighted by atomic mass is 10.1. The molecule has 0 saturated carbocycles. The number of oxazole rings is 1. The zero-order valence-corrected chi connectivity index (χ0v) is 17.9. The molecule has 6 rings (SSSR count).